The van der Waals surface area contributed by atoms with Crippen LogP contribution in [0.3, 0.4) is 0 Å². The summed E-state index contributed by atoms with van der Waals surface area (Å²) in [6.45, 7) is 1.78. The molecule has 3 aromatic rings. The third kappa shape index (κ3) is 4.30. The van der Waals surface area contributed by atoms with Crippen LogP contribution in [-0.4, -0.2) is 20.5 Å². The molecule has 0 radical (unpaired) electrons. The summed E-state index contributed by atoms with van der Waals surface area (Å²) in [6.07, 6.45) is 0. The highest BCUT2D eigenvalue weighted by molar-refractivity contribution is 7.14. The molecule has 27 heavy (non-hydrogen) atoms. The highest BCUT2D eigenvalue weighted by atomic mass is 32.1. The summed E-state index contributed by atoms with van der Waals surface area (Å²) in [6, 6.07) is 12.2. The Morgan fingerprint density at radius 2 is 1.56 bits per heavy atom. The minimum absolute atomic E-state index is 0.0205. The summed E-state index contributed by atoms with van der Waals surface area (Å²) in [5.74, 6) is 0. The van der Waals surface area contributed by atoms with Crippen LogP contribution < -0.4 is 5.43 Å². The number of non-ortho nitro benzene ring substituents is 2. The summed E-state index contributed by atoms with van der Waals surface area (Å²) in [4.78, 5) is 24.9. The van der Waals surface area contributed by atoms with E-state index in [1.807, 2.05) is 5.38 Å². The van der Waals surface area contributed by atoms with E-state index in [-0.39, 0.29) is 11.4 Å². The van der Waals surface area contributed by atoms with Crippen molar-refractivity contribution in [3.8, 4) is 11.3 Å². The number of nitrogens with zero attached hydrogens (tertiary/aromatic N) is 4. The van der Waals surface area contributed by atoms with E-state index in [4.69, 9.17) is 0 Å². The lowest BCUT2D eigenvalue weighted by molar-refractivity contribution is -0.385. The standard InChI is InChI=1S/C17H13N5O4S/c1-11(12-2-6-14(7-3-12)21(23)24)19-20-17-18-16(10-27-17)13-4-8-15(9-5-13)22(25)26/h2-10H,1H3,(H,18,20)/b19-11-. The summed E-state index contributed by atoms with van der Waals surface area (Å²) >= 11 is 1.35. The third-order valence-corrected chi connectivity index (χ3v) is 4.44. The van der Waals surface area contributed by atoms with Crippen LogP contribution in [0.1, 0.15) is 12.5 Å². The van der Waals surface area contributed by atoms with Gasteiger partial charge >= 0.3 is 0 Å². The van der Waals surface area contributed by atoms with E-state index in [0.717, 1.165) is 11.1 Å². The first-order valence-corrected chi connectivity index (χ1v) is 8.57. The van der Waals surface area contributed by atoms with Gasteiger partial charge in [0.1, 0.15) is 0 Å². The Kier molecular flexibility index (Phi) is 5.18. The van der Waals surface area contributed by atoms with E-state index in [9.17, 15) is 20.2 Å². The first-order valence-electron chi connectivity index (χ1n) is 7.69. The molecule has 0 amide bonds. The van der Waals surface area contributed by atoms with E-state index in [1.54, 1.807) is 31.2 Å². The van der Waals surface area contributed by atoms with E-state index in [2.05, 4.69) is 15.5 Å². The van der Waals surface area contributed by atoms with Gasteiger partial charge in [-0.2, -0.15) is 5.10 Å². The Balaban J connectivity index is 1.70. The van der Waals surface area contributed by atoms with Crippen LogP contribution in [-0.2, 0) is 0 Å². The molecule has 0 aliphatic carbocycles. The summed E-state index contributed by atoms with van der Waals surface area (Å²) < 4.78 is 0. The molecule has 1 N–H and O–H groups in total. The largest absolute Gasteiger partial charge is 0.269 e. The molecule has 2 aromatic carbocycles. The SMILES string of the molecule is C/C(=N/Nc1nc(-c2ccc([N+](=O)[O-])cc2)cs1)c1ccc([N+](=O)[O-])cc1. The van der Waals surface area contributed by atoms with E-state index < -0.39 is 9.85 Å². The molecule has 0 saturated carbocycles. The Labute approximate surface area is 157 Å². The maximum atomic E-state index is 10.7. The number of aromatic nitrogens is 1. The average Bonchev–Trinajstić information content (AvgIpc) is 3.15. The second-order valence-corrected chi connectivity index (χ2v) is 6.31. The normalized spacial score (nSPS) is 11.2. The second-order valence-electron chi connectivity index (χ2n) is 5.45. The maximum absolute atomic E-state index is 10.7. The molecular weight excluding hydrogens is 370 g/mol. The number of thiazole rings is 1. The van der Waals surface area contributed by atoms with Gasteiger partial charge in [-0.15, -0.1) is 11.3 Å². The van der Waals surface area contributed by atoms with Crippen molar-refractivity contribution in [2.75, 3.05) is 5.43 Å². The van der Waals surface area contributed by atoms with Gasteiger partial charge in [0.2, 0.25) is 5.13 Å². The Morgan fingerprint density at radius 1 is 1.00 bits per heavy atom. The number of rotatable bonds is 6. The molecule has 136 valence electrons. The predicted molar refractivity (Wildman–Crippen MR) is 103 cm³/mol. The van der Waals surface area contributed by atoms with Crippen LogP contribution in [0.4, 0.5) is 16.5 Å². The van der Waals surface area contributed by atoms with Gasteiger partial charge < -0.3 is 0 Å². The van der Waals surface area contributed by atoms with Crippen LogP contribution in [0.25, 0.3) is 11.3 Å². The van der Waals surface area contributed by atoms with Crippen molar-refractivity contribution in [1.82, 2.24) is 4.98 Å². The van der Waals surface area contributed by atoms with Gasteiger partial charge in [0, 0.05) is 35.2 Å². The Hall–Kier alpha value is -3.66. The lowest BCUT2D eigenvalue weighted by Gasteiger charge is -2.01. The van der Waals surface area contributed by atoms with Crippen LogP contribution in [0.5, 0.6) is 0 Å². The van der Waals surface area contributed by atoms with Gasteiger partial charge in [-0.1, -0.05) is 0 Å². The lowest BCUT2D eigenvalue weighted by atomic mass is 10.1. The monoisotopic (exact) mass is 383 g/mol. The smallest absolute Gasteiger partial charge is 0.258 e. The Bertz CT molecular complexity index is 1010. The summed E-state index contributed by atoms with van der Waals surface area (Å²) in [5.41, 5.74) is 5.74. The molecule has 3 rings (SSSR count). The molecule has 0 unspecified atom stereocenters. The molecule has 0 aliphatic heterocycles. The minimum Gasteiger partial charge on any atom is -0.258 e. The van der Waals surface area contributed by atoms with Crippen molar-refractivity contribution in [2.45, 2.75) is 6.92 Å². The minimum atomic E-state index is -0.455. The molecule has 1 aromatic heterocycles. The molecule has 0 saturated heterocycles. The summed E-state index contributed by atoms with van der Waals surface area (Å²) in [7, 11) is 0. The zero-order valence-corrected chi connectivity index (χ0v) is 14.8. The van der Waals surface area contributed by atoms with Gasteiger partial charge in [-0.05, 0) is 36.8 Å². The number of benzene rings is 2. The van der Waals surface area contributed by atoms with E-state index in [0.29, 0.717) is 16.5 Å². The quantitative estimate of drug-likeness (QED) is 0.381. The number of hydrazone groups is 1. The van der Waals surface area contributed by atoms with Gasteiger partial charge in [0.15, 0.2) is 0 Å². The van der Waals surface area contributed by atoms with Crippen molar-refractivity contribution < 1.29 is 9.85 Å². The zero-order chi connectivity index (χ0) is 19.4. The van der Waals surface area contributed by atoms with Gasteiger partial charge in [0.05, 0.1) is 21.3 Å². The fraction of sp³-hybridized carbons (Fsp3) is 0.0588. The Morgan fingerprint density at radius 3 is 2.11 bits per heavy atom. The second kappa shape index (κ2) is 7.70. The zero-order valence-electron chi connectivity index (χ0n) is 14.0. The molecule has 0 bridgehead atoms. The molecule has 0 spiro atoms. The van der Waals surface area contributed by atoms with Gasteiger partial charge in [0.25, 0.3) is 11.4 Å². The first-order chi connectivity index (χ1) is 12.9. The highest BCUT2D eigenvalue weighted by Gasteiger charge is 2.09. The number of hydrogen-bond acceptors (Lipinski definition) is 8. The van der Waals surface area contributed by atoms with Crippen molar-refractivity contribution in [3.05, 3.63) is 79.7 Å². The van der Waals surface area contributed by atoms with Crippen LogP contribution in [0, 0.1) is 20.2 Å². The molecule has 0 aliphatic rings. The van der Waals surface area contributed by atoms with Crippen molar-refractivity contribution in [3.63, 3.8) is 0 Å². The predicted octanol–water partition coefficient (Wildman–Crippen LogP) is 4.46. The van der Waals surface area contributed by atoms with Crippen molar-refractivity contribution in [1.29, 1.82) is 0 Å². The first kappa shape index (κ1) is 18.1. The van der Waals surface area contributed by atoms with Crippen LogP contribution >= 0.6 is 11.3 Å². The number of nitrogens with one attached hydrogen (secondary N) is 1. The number of nitro benzene ring substituents is 2. The van der Waals surface area contributed by atoms with Crippen molar-refractivity contribution in [2.24, 2.45) is 5.10 Å². The third-order valence-electron chi connectivity index (χ3n) is 3.69. The molecular formula is C17H13N5O4S. The lowest BCUT2D eigenvalue weighted by Crippen LogP contribution is -2.00. The molecule has 0 atom stereocenters. The number of hydrogen-bond donors (Lipinski definition) is 1. The topological polar surface area (TPSA) is 124 Å². The van der Waals surface area contributed by atoms with Crippen molar-refractivity contribution >= 4 is 33.6 Å². The average molecular weight is 383 g/mol. The fourth-order valence-corrected chi connectivity index (χ4v) is 2.89. The molecule has 1 heterocycles. The van der Waals surface area contributed by atoms with E-state index >= 15 is 0 Å². The molecule has 10 heteroatoms. The fourth-order valence-electron chi connectivity index (χ4n) is 2.23. The van der Waals surface area contributed by atoms with Gasteiger partial charge in [-0.3, -0.25) is 25.7 Å². The highest BCUT2D eigenvalue weighted by Crippen LogP contribution is 2.26. The van der Waals surface area contributed by atoms with Gasteiger partial charge in [-0.25, -0.2) is 4.98 Å². The summed E-state index contributed by atoms with van der Waals surface area (Å²) in [5, 5.41) is 28.0. The molecule has 0 fully saturated rings. The molecule has 9 nitrogen and oxygen atoms in total. The number of anilines is 1. The number of nitro groups is 2. The van der Waals surface area contributed by atoms with Crippen LogP contribution in [0.15, 0.2) is 59.0 Å². The van der Waals surface area contributed by atoms with Crippen LogP contribution in [0.2, 0.25) is 0 Å². The van der Waals surface area contributed by atoms with E-state index in [1.165, 1.54) is 35.6 Å². The maximum Gasteiger partial charge on any atom is 0.269 e.